The average molecular weight is 264 g/mol. The Labute approximate surface area is 112 Å². The van der Waals surface area contributed by atoms with E-state index in [1.807, 2.05) is 17.5 Å². The number of carbonyl (C=O) groups is 1. The summed E-state index contributed by atoms with van der Waals surface area (Å²) in [6.07, 6.45) is 5.57. The Morgan fingerprint density at radius 2 is 2.33 bits per heavy atom. The van der Waals surface area contributed by atoms with Gasteiger partial charge in [0, 0.05) is 23.5 Å². The van der Waals surface area contributed by atoms with Crippen molar-refractivity contribution in [1.29, 1.82) is 0 Å². The molecule has 2 saturated heterocycles. The zero-order valence-electron chi connectivity index (χ0n) is 10.6. The molecule has 1 amide bonds. The highest BCUT2D eigenvalue weighted by atomic mass is 32.1. The van der Waals surface area contributed by atoms with E-state index in [0.717, 1.165) is 17.8 Å². The molecular weight excluding hydrogens is 244 g/mol. The van der Waals surface area contributed by atoms with Gasteiger partial charge in [0.1, 0.15) is 0 Å². The zero-order valence-corrected chi connectivity index (χ0v) is 11.4. The normalized spacial score (nSPS) is 28.0. The minimum atomic E-state index is 0.190. The number of nitrogens with one attached hydrogen (secondary N) is 1. The van der Waals surface area contributed by atoms with Crippen molar-refractivity contribution in [3.63, 3.8) is 0 Å². The Balaban J connectivity index is 1.54. The average Bonchev–Trinajstić information content (AvgIpc) is 3.00. The minimum Gasteiger partial charge on any atom is -0.351 e. The maximum Gasteiger partial charge on any atom is 0.225 e. The molecule has 0 aliphatic carbocycles. The van der Waals surface area contributed by atoms with Crippen LogP contribution < -0.4 is 5.32 Å². The highest BCUT2D eigenvalue weighted by Crippen LogP contribution is 2.27. The summed E-state index contributed by atoms with van der Waals surface area (Å²) in [5.41, 5.74) is 0. The van der Waals surface area contributed by atoms with Gasteiger partial charge in [-0.15, -0.1) is 11.3 Å². The van der Waals surface area contributed by atoms with E-state index in [2.05, 4.69) is 10.2 Å². The predicted octanol–water partition coefficient (Wildman–Crippen LogP) is 2.03. The van der Waals surface area contributed by atoms with Gasteiger partial charge in [-0.05, 0) is 37.3 Å². The second-order valence-corrected chi connectivity index (χ2v) is 6.35. The molecule has 4 heteroatoms. The van der Waals surface area contributed by atoms with Crippen molar-refractivity contribution < 1.29 is 4.79 Å². The Morgan fingerprint density at radius 1 is 1.39 bits per heavy atom. The van der Waals surface area contributed by atoms with E-state index in [4.69, 9.17) is 0 Å². The van der Waals surface area contributed by atoms with Crippen molar-refractivity contribution >= 4 is 17.2 Å². The second kappa shape index (κ2) is 5.41. The molecule has 1 aromatic heterocycles. The minimum absolute atomic E-state index is 0.190. The van der Waals surface area contributed by atoms with Crippen molar-refractivity contribution in [2.45, 2.75) is 44.2 Å². The first-order valence-corrected chi connectivity index (χ1v) is 7.77. The molecule has 3 rings (SSSR count). The third-order valence-electron chi connectivity index (χ3n) is 4.12. The number of rotatable bonds is 3. The summed E-state index contributed by atoms with van der Waals surface area (Å²) in [6, 6.07) is 5.03. The van der Waals surface area contributed by atoms with Gasteiger partial charge in [-0.25, -0.2) is 0 Å². The number of amides is 1. The predicted molar refractivity (Wildman–Crippen MR) is 73.8 cm³/mol. The molecule has 2 fully saturated rings. The van der Waals surface area contributed by atoms with Crippen molar-refractivity contribution in [3.8, 4) is 0 Å². The van der Waals surface area contributed by atoms with E-state index in [1.165, 1.54) is 25.8 Å². The van der Waals surface area contributed by atoms with Crippen molar-refractivity contribution in [2.75, 3.05) is 13.1 Å². The highest BCUT2D eigenvalue weighted by molar-refractivity contribution is 7.10. The van der Waals surface area contributed by atoms with Gasteiger partial charge in [-0.2, -0.15) is 0 Å². The van der Waals surface area contributed by atoms with Gasteiger partial charge in [-0.1, -0.05) is 12.5 Å². The van der Waals surface area contributed by atoms with Crippen LogP contribution >= 0.6 is 11.3 Å². The monoisotopic (exact) mass is 264 g/mol. The Morgan fingerprint density at radius 3 is 3.17 bits per heavy atom. The summed E-state index contributed by atoms with van der Waals surface area (Å²) in [6.45, 7) is 2.39. The summed E-state index contributed by atoms with van der Waals surface area (Å²) in [7, 11) is 0. The molecule has 0 unspecified atom stereocenters. The molecule has 0 bridgehead atoms. The molecule has 1 N–H and O–H groups in total. The first-order chi connectivity index (χ1) is 8.83. The lowest BCUT2D eigenvalue weighted by Gasteiger charge is -2.32. The van der Waals surface area contributed by atoms with Crippen LogP contribution in [0.5, 0.6) is 0 Å². The van der Waals surface area contributed by atoms with Crippen molar-refractivity contribution in [1.82, 2.24) is 10.2 Å². The van der Waals surface area contributed by atoms with Crippen molar-refractivity contribution in [2.24, 2.45) is 0 Å². The third kappa shape index (κ3) is 2.59. The summed E-state index contributed by atoms with van der Waals surface area (Å²) in [5, 5.41) is 5.27. The number of hydrogen-bond donors (Lipinski definition) is 1. The Bertz CT molecular complexity index is 404. The molecule has 2 aliphatic heterocycles. The SMILES string of the molecule is O=C(Cc1cccs1)N[C@H]1CCN2CCCC[C@@H]12. The summed E-state index contributed by atoms with van der Waals surface area (Å²) in [5.74, 6) is 0.190. The first-order valence-electron chi connectivity index (χ1n) is 6.89. The maximum absolute atomic E-state index is 12.0. The van der Waals surface area contributed by atoms with Gasteiger partial charge in [0.05, 0.1) is 6.42 Å². The van der Waals surface area contributed by atoms with E-state index < -0.39 is 0 Å². The van der Waals surface area contributed by atoms with Crippen molar-refractivity contribution in [3.05, 3.63) is 22.4 Å². The molecule has 0 radical (unpaired) electrons. The Kier molecular flexibility index (Phi) is 3.66. The van der Waals surface area contributed by atoms with Crippen LogP contribution in [0.2, 0.25) is 0 Å². The van der Waals surface area contributed by atoms with Crippen LogP contribution in [-0.2, 0) is 11.2 Å². The Hall–Kier alpha value is -0.870. The number of hydrogen-bond acceptors (Lipinski definition) is 3. The quantitative estimate of drug-likeness (QED) is 0.906. The lowest BCUT2D eigenvalue weighted by atomic mass is 9.99. The van der Waals surface area contributed by atoms with E-state index in [1.54, 1.807) is 11.3 Å². The van der Waals surface area contributed by atoms with E-state index in [0.29, 0.717) is 18.5 Å². The topological polar surface area (TPSA) is 32.3 Å². The van der Waals surface area contributed by atoms with Crippen LogP contribution in [0.15, 0.2) is 17.5 Å². The largest absolute Gasteiger partial charge is 0.351 e. The molecule has 3 nitrogen and oxygen atoms in total. The molecule has 2 atom stereocenters. The summed E-state index contributed by atoms with van der Waals surface area (Å²) < 4.78 is 0. The fourth-order valence-corrected chi connectivity index (χ4v) is 3.95. The van der Waals surface area contributed by atoms with E-state index >= 15 is 0 Å². The first kappa shape index (κ1) is 12.2. The van der Waals surface area contributed by atoms with Gasteiger partial charge in [-0.3, -0.25) is 9.69 Å². The molecule has 2 aliphatic rings. The fourth-order valence-electron chi connectivity index (χ4n) is 3.24. The molecule has 18 heavy (non-hydrogen) atoms. The molecule has 98 valence electrons. The molecule has 0 spiro atoms. The number of piperidine rings is 1. The number of thiophene rings is 1. The maximum atomic E-state index is 12.0. The molecule has 3 heterocycles. The lowest BCUT2D eigenvalue weighted by Crippen LogP contribution is -2.47. The van der Waals surface area contributed by atoms with Crippen LogP contribution in [0.3, 0.4) is 0 Å². The van der Waals surface area contributed by atoms with E-state index in [-0.39, 0.29) is 5.91 Å². The fraction of sp³-hybridized carbons (Fsp3) is 0.643. The van der Waals surface area contributed by atoms with Gasteiger partial charge in [0.15, 0.2) is 0 Å². The van der Waals surface area contributed by atoms with Crippen LogP contribution in [0.1, 0.15) is 30.6 Å². The van der Waals surface area contributed by atoms with Crippen LogP contribution in [0.4, 0.5) is 0 Å². The van der Waals surface area contributed by atoms with Gasteiger partial charge in [0.25, 0.3) is 0 Å². The number of nitrogens with zero attached hydrogens (tertiary/aromatic N) is 1. The van der Waals surface area contributed by atoms with Gasteiger partial charge >= 0.3 is 0 Å². The van der Waals surface area contributed by atoms with Crippen LogP contribution in [0, 0.1) is 0 Å². The molecular formula is C14H20N2OS. The summed E-state index contributed by atoms with van der Waals surface area (Å²) in [4.78, 5) is 15.7. The standard InChI is InChI=1S/C14H20N2OS/c17-14(10-11-4-3-9-18-11)15-12-6-8-16-7-2-1-5-13(12)16/h3-4,9,12-13H,1-2,5-8,10H2,(H,15,17)/t12-,13-/m0/s1. The smallest absolute Gasteiger partial charge is 0.225 e. The van der Waals surface area contributed by atoms with Gasteiger partial charge < -0.3 is 5.32 Å². The molecule has 0 aromatic carbocycles. The second-order valence-electron chi connectivity index (χ2n) is 5.32. The highest BCUT2D eigenvalue weighted by Gasteiger charge is 2.36. The summed E-state index contributed by atoms with van der Waals surface area (Å²) >= 11 is 1.66. The van der Waals surface area contributed by atoms with E-state index in [9.17, 15) is 4.79 Å². The number of carbonyl (C=O) groups excluding carboxylic acids is 1. The lowest BCUT2D eigenvalue weighted by molar-refractivity contribution is -0.121. The number of fused-ring (bicyclic) bond motifs is 1. The zero-order chi connectivity index (χ0) is 12.4. The van der Waals surface area contributed by atoms with Gasteiger partial charge in [0.2, 0.25) is 5.91 Å². The van der Waals surface area contributed by atoms with Crippen LogP contribution in [0.25, 0.3) is 0 Å². The molecule has 1 aromatic rings. The molecule has 0 saturated carbocycles. The third-order valence-corrected chi connectivity index (χ3v) is 4.99. The van der Waals surface area contributed by atoms with Crippen LogP contribution in [-0.4, -0.2) is 36.0 Å².